The van der Waals surface area contributed by atoms with Gasteiger partial charge >= 0.3 is 0 Å². The number of piperidine rings is 1. The summed E-state index contributed by atoms with van der Waals surface area (Å²) in [5, 5.41) is 5.51. The highest BCUT2D eigenvalue weighted by Gasteiger charge is 2.35. The van der Waals surface area contributed by atoms with Crippen LogP contribution >= 0.6 is 11.6 Å². The minimum Gasteiger partial charge on any atom is -0.482 e. The average Bonchev–Trinajstić information content (AvgIpc) is 2.75. The van der Waals surface area contributed by atoms with Gasteiger partial charge in [-0.15, -0.1) is 0 Å². The first kappa shape index (κ1) is 22.6. The van der Waals surface area contributed by atoms with Crippen LogP contribution < -0.4 is 15.4 Å². The SMILES string of the molecule is Cc1ccc(NC(=O)[C@H]2CCCN(S(=O)(=O)c3cc4c(cc3Cl)NC(=O)CO4)C2)c(C)c1. The predicted molar refractivity (Wildman–Crippen MR) is 122 cm³/mol. The molecule has 0 radical (unpaired) electrons. The van der Waals surface area contributed by atoms with Gasteiger partial charge in [0.15, 0.2) is 6.61 Å². The monoisotopic (exact) mass is 477 g/mol. The molecule has 0 unspecified atom stereocenters. The average molecular weight is 478 g/mol. The van der Waals surface area contributed by atoms with Crippen molar-refractivity contribution in [2.75, 3.05) is 30.3 Å². The van der Waals surface area contributed by atoms with Crippen molar-refractivity contribution in [1.29, 1.82) is 0 Å². The van der Waals surface area contributed by atoms with Gasteiger partial charge < -0.3 is 15.4 Å². The Morgan fingerprint density at radius 2 is 2.03 bits per heavy atom. The molecule has 2 aromatic rings. The molecule has 0 bridgehead atoms. The number of nitrogens with one attached hydrogen (secondary N) is 2. The number of carbonyl (C=O) groups is 2. The summed E-state index contributed by atoms with van der Waals surface area (Å²) in [7, 11) is -3.96. The van der Waals surface area contributed by atoms with Crippen LogP contribution in [0, 0.1) is 19.8 Å². The Kier molecular flexibility index (Phi) is 6.15. The molecule has 0 aromatic heterocycles. The lowest BCUT2D eigenvalue weighted by molar-refractivity contribution is -0.121. The van der Waals surface area contributed by atoms with Gasteiger partial charge in [0.25, 0.3) is 5.91 Å². The molecule has 2 aliphatic rings. The number of sulfonamides is 1. The van der Waals surface area contributed by atoms with Crippen molar-refractivity contribution in [3.05, 3.63) is 46.5 Å². The van der Waals surface area contributed by atoms with Crippen LogP contribution in [0.15, 0.2) is 35.2 Å². The maximum Gasteiger partial charge on any atom is 0.262 e. The van der Waals surface area contributed by atoms with Gasteiger partial charge in [0.05, 0.1) is 16.6 Å². The van der Waals surface area contributed by atoms with Crippen LogP contribution in [-0.4, -0.2) is 44.2 Å². The molecule has 2 heterocycles. The molecule has 4 rings (SSSR count). The Morgan fingerprint density at radius 1 is 1.25 bits per heavy atom. The largest absolute Gasteiger partial charge is 0.482 e. The van der Waals surface area contributed by atoms with E-state index in [9.17, 15) is 18.0 Å². The molecule has 0 aliphatic carbocycles. The summed E-state index contributed by atoms with van der Waals surface area (Å²) in [5.74, 6) is -0.780. The van der Waals surface area contributed by atoms with E-state index in [4.69, 9.17) is 16.3 Å². The van der Waals surface area contributed by atoms with Gasteiger partial charge in [0.2, 0.25) is 15.9 Å². The van der Waals surface area contributed by atoms with Crippen LogP contribution in [0.3, 0.4) is 0 Å². The minimum atomic E-state index is -3.96. The second kappa shape index (κ2) is 8.73. The first-order valence-electron chi connectivity index (χ1n) is 10.3. The summed E-state index contributed by atoms with van der Waals surface area (Å²) in [6, 6.07) is 8.45. The van der Waals surface area contributed by atoms with Crippen molar-refractivity contribution in [3.8, 4) is 5.75 Å². The topological polar surface area (TPSA) is 105 Å². The number of rotatable bonds is 4. The van der Waals surface area contributed by atoms with Crippen molar-refractivity contribution in [3.63, 3.8) is 0 Å². The zero-order chi connectivity index (χ0) is 23.0. The number of aryl methyl sites for hydroxylation is 2. The molecule has 0 saturated carbocycles. The smallest absolute Gasteiger partial charge is 0.262 e. The Bertz CT molecular complexity index is 1200. The Morgan fingerprint density at radius 3 is 2.78 bits per heavy atom. The third-order valence-electron chi connectivity index (χ3n) is 5.68. The maximum absolute atomic E-state index is 13.3. The van der Waals surface area contributed by atoms with E-state index in [-0.39, 0.29) is 40.6 Å². The number of carbonyl (C=O) groups excluding carboxylic acids is 2. The van der Waals surface area contributed by atoms with Gasteiger partial charge in [-0.05, 0) is 44.4 Å². The Labute approximate surface area is 191 Å². The molecule has 32 heavy (non-hydrogen) atoms. The number of hydrogen-bond acceptors (Lipinski definition) is 5. The standard InChI is InChI=1S/C22H24ClN3O5S/c1-13-5-6-17(14(2)8-13)25-22(28)15-4-3-7-26(11-15)32(29,30)20-10-19-18(9-16(20)23)24-21(27)12-31-19/h5-6,8-10,15H,3-4,7,11-12H2,1-2H3,(H,24,27)(H,25,28)/t15-/m0/s1. The van der Waals surface area contributed by atoms with Gasteiger partial charge in [0.1, 0.15) is 10.6 Å². The lowest BCUT2D eigenvalue weighted by atomic mass is 9.98. The first-order valence-corrected chi connectivity index (χ1v) is 12.1. The molecule has 170 valence electrons. The lowest BCUT2D eigenvalue weighted by Crippen LogP contribution is -2.43. The van der Waals surface area contributed by atoms with E-state index in [1.165, 1.54) is 16.4 Å². The molecule has 8 nitrogen and oxygen atoms in total. The first-order chi connectivity index (χ1) is 15.1. The summed E-state index contributed by atoms with van der Waals surface area (Å²) in [6.45, 7) is 4.05. The summed E-state index contributed by atoms with van der Waals surface area (Å²) >= 11 is 6.26. The van der Waals surface area contributed by atoms with Crippen molar-refractivity contribution >= 4 is 44.8 Å². The summed E-state index contributed by atoms with van der Waals surface area (Å²) in [4.78, 5) is 24.3. The van der Waals surface area contributed by atoms with Crippen molar-refractivity contribution < 1.29 is 22.7 Å². The molecule has 0 spiro atoms. The minimum absolute atomic E-state index is 0.0172. The number of benzene rings is 2. The molecule has 2 N–H and O–H groups in total. The van der Waals surface area contributed by atoms with Crippen LogP contribution in [0.4, 0.5) is 11.4 Å². The zero-order valence-corrected chi connectivity index (χ0v) is 19.3. The van der Waals surface area contributed by atoms with Gasteiger partial charge in [0, 0.05) is 24.8 Å². The van der Waals surface area contributed by atoms with Crippen molar-refractivity contribution in [1.82, 2.24) is 4.31 Å². The number of amides is 2. The molecule has 10 heteroatoms. The van der Waals surface area contributed by atoms with Crippen molar-refractivity contribution in [2.45, 2.75) is 31.6 Å². The normalized spacial score (nSPS) is 19.0. The Hall–Kier alpha value is -2.62. The predicted octanol–water partition coefficient (Wildman–Crippen LogP) is 3.33. The van der Waals surface area contributed by atoms with Crippen LogP contribution in [0.1, 0.15) is 24.0 Å². The van der Waals surface area contributed by atoms with Gasteiger partial charge in [-0.25, -0.2) is 8.42 Å². The van der Waals surface area contributed by atoms with Crippen LogP contribution in [0.2, 0.25) is 5.02 Å². The highest BCUT2D eigenvalue weighted by atomic mass is 35.5. The van der Waals surface area contributed by atoms with Gasteiger partial charge in [-0.3, -0.25) is 9.59 Å². The van der Waals surface area contributed by atoms with Crippen molar-refractivity contribution in [2.24, 2.45) is 5.92 Å². The van der Waals surface area contributed by atoms with E-state index >= 15 is 0 Å². The fourth-order valence-corrected chi connectivity index (χ4v) is 6.02. The van der Waals surface area contributed by atoms with Gasteiger partial charge in [-0.1, -0.05) is 29.3 Å². The highest BCUT2D eigenvalue weighted by molar-refractivity contribution is 7.89. The molecule has 1 saturated heterocycles. The van der Waals surface area contributed by atoms with E-state index in [0.29, 0.717) is 25.1 Å². The van der Waals surface area contributed by atoms with Gasteiger partial charge in [-0.2, -0.15) is 4.31 Å². The number of ether oxygens (including phenoxy) is 1. The quantitative estimate of drug-likeness (QED) is 0.702. The molecular formula is C22H24ClN3O5S. The number of fused-ring (bicyclic) bond motifs is 1. The molecule has 1 atom stereocenters. The molecule has 1 fully saturated rings. The fourth-order valence-electron chi connectivity index (χ4n) is 3.98. The van der Waals surface area contributed by atoms with E-state index in [2.05, 4.69) is 10.6 Å². The van der Waals surface area contributed by atoms with Crippen LogP contribution in [0.25, 0.3) is 0 Å². The van der Waals surface area contributed by atoms with Crippen LogP contribution in [-0.2, 0) is 19.6 Å². The number of anilines is 2. The molecule has 2 aliphatic heterocycles. The number of hydrogen-bond donors (Lipinski definition) is 2. The molecule has 2 aromatic carbocycles. The lowest BCUT2D eigenvalue weighted by Gasteiger charge is -2.32. The summed E-state index contributed by atoms with van der Waals surface area (Å²) in [6.07, 6.45) is 1.15. The Balaban J connectivity index is 1.53. The van der Waals surface area contributed by atoms with E-state index in [0.717, 1.165) is 16.8 Å². The number of halogens is 1. The summed E-state index contributed by atoms with van der Waals surface area (Å²) in [5.41, 5.74) is 3.10. The van der Waals surface area contributed by atoms with E-state index < -0.39 is 15.9 Å². The van der Waals surface area contributed by atoms with E-state index in [1.807, 2.05) is 32.0 Å². The maximum atomic E-state index is 13.3. The highest BCUT2D eigenvalue weighted by Crippen LogP contribution is 2.37. The molecule has 2 amide bonds. The van der Waals surface area contributed by atoms with E-state index in [1.54, 1.807) is 0 Å². The third kappa shape index (κ3) is 4.46. The third-order valence-corrected chi connectivity index (χ3v) is 8.01. The summed E-state index contributed by atoms with van der Waals surface area (Å²) < 4.78 is 33.3. The second-order valence-electron chi connectivity index (χ2n) is 8.13. The fraction of sp³-hybridized carbons (Fsp3) is 0.364. The zero-order valence-electron chi connectivity index (χ0n) is 17.8. The second-order valence-corrected chi connectivity index (χ2v) is 10.4. The van der Waals surface area contributed by atoms with Crippen LogP contribution in [0.5, 0.6) is 5.75 Å². The molecular weight excluding hydrogens is 454 g/mol. The number of nitrogens with zero attached hydrogens (tertiary/aromatic N) is 1.